The van der Waals surface area contributed by atoms with Gasteiger partial charge in [0.05, 0.1) is 5.69 Å². The van der Waals surface area contributed by atoms with E-state index in [2.05, 4.69) is 0 Å². The third kappa shape index (κ3) is 2.72. The van der Waals surface area contributed by atoms with E-state index in [1.807, 2.05) is 4.72 Å². The SMILES string of the molecule is Cc1ccc(S(=O)(=O)Nc2c(F)cccc2F)c(N)c1. The highest BCUT2D eigenvalue weighted by molar-refractivity contribution is 7.92. The van der Waals surface area contributed by atoms with Crippen molar-refractivity contribution >= 4 is 21.4 Å². The van der Waals surface area contributed by atoms with Crippen molar-refractivity contribution in [2.75, 3.05) is 10.5 Å². The lowest BCUT2D eigenvalue weighted by molar-refractivity contribution is 0.583. The third-order valence-electron chi connectivity index (χ3n) is 2.65. The number of nitrogen functional groups attached to an aromatic ring is 1. The highest BCUT2D eigenvalue weighted by Gasteiger charge is 2.21. The minimum atomic E-state index is -4.16. The number of rotatable bonds is 3. The van der Waals surface area contributed by atoms with Crippen molar-refractivity contribution in [2.45, 2.75) is 11.8 Å². The van der Waals surface area contributed by atoms with E-state index in [4.69, 9.17) is 5.73 Å². The van der Waals surface area contributed by atoms with Crippen LogP contribution in [0.5, 0.6) is 0 Å². The minimum absolute atomic E-state index is 0.00856. The first-order valence-electron chi connectivity index (χ1n) is 5.64. The van der Waals surface area contributed by atoms with Gasteiger partial charge in [0.25, 0.3) is 10.0 Å². The number of benzene rings is 2. The highest BCUT2D eigenvalue weighted by Crippen LogP contribution is 2.25. The first-order chi connectivity index (χ1) is 9.31. The van der Waals surface area contributed by atoms with Crippen molar-refractivity contribution in [3.63, 3.8) is 0 Å². The van der Waals surface area contributed by atoms with Gasteiger partial charge in [0, 0.05) is 0 Å². The first kappa shape index (κ1) is 14.3. The molecule has 0 aliphatic carbocycles. The van der Waals surface area contributed by atoms with Gasteiger partial charge in [0.15, 0.2) is 0 Å². The summed E-state index contributed by atoms with van der Waals surface area (Å²) in [4.78, 5) is -0.231. The maximum Gasteiger partial charge on any atom is 0.264 e. The Labute approximate surface area is 115 Å². The number of aryl methyl sites for hydroxylation is 1. The summed E-state index contributed by atoms with van der Waals surface area (Å²) in [6.45, 7) is 1.75. The smallest absolute Gasteiger partial charge is 0.264 e. The molecule has 106 valence electrons. The van der Waals surface area contributed by atoms with Gasteiger partial charge in [-0.05, 0) is 36.8 Å². The summed E-state index contributed by atoms with van der Waals surface area (Å²) in [5.41, 5.74) is 5.69. The summed E-state index contributed by atoms with van der Waals surface area (Å²) in [6, 6.07) is 7.35. The predicted molar refractivity (Wildman–Crippen MR) is 72.8 cm³/mol. The Morgan fingerprint density at radius 2 is 1.70 bits per heavy atom. The normalized spacial score (nSPS) is 11.3. The average Bonchev–Trinajstić information content (AvgIpc) is 2.33. The van der Waals surface area contributed by atoms with Crippen molar-refractivity contribution in [1.82, 2.24) is 0 Å². The number of hydrogen-bond acceptors (Lipinski definition) is 3. The standard InChI is InChI=1S/C13H12F2N2O2S/c1-8-5-6-12(11(16)7-8)20(18,19)17-13-9(14)3-2-4-10(13)15/h2-7,17H,16H2,1H3. The second kappa shape index (κ2) is 5.09. The fourth-order valence-electron chi connectivity index (χ4n) is 1.70. The van der Waals surface area contributed by atoms with Crippen LogP contribution in [0.15, 0.2) is 41.3 Å². The summed E-state index contributed by atoms with van der Waals surface area (Å²) in [7, 11) is -4.16. The van der Waals surface area contributed by atoms with Crippen LogP contribution in [-0.2, 0) is 10.0 Å². The first-order valence-corrected chi connectivity index (χ1v) is 7.12. The molecule has 0 aliphatic rings. The molecule has 0 saturated heterocycles. The molecule has 7 heteroatoms. The van der Waals surface area contributed by atoms with Gasteiger partial charge in [0.2, 0.25) is 0 Å². The molecule has 4 nitrogen and oxygen atoms in total. The number of halogens is 2. The second-order valence-corrected chi connectivity index (χ2v) is 5.89. The van der Waals surface area contributed by atoms with Crippen molar-refractivity contribution in [1.29, 1.82) is 0 Å². The molecule has 3 N–H and O–H groups in total. The quantitative estimate of drug-likeness (QED) is 0.856. The van der Waals surface area contributed by atoms with Crippen molar-refractivity contribution in [3.8, 4) is 0 Å². The van der Waals surface area contributed by atoms with Crippen LogP contribution in [0.1, 0.15) is 5.56 Å². The van der Waals surface area contributed by atoms with E-state index in [1.54, 1.807) is 13.0 Å². The minimum Gasteiger partial charge on any atom is -0.398 e. The van der Waals surface area contributed by atoms with Gasteiger partial charge in [-0.15, -0.1) is 0 Å². The number of nitrogens with two attached hydrogens (primary N) is 1. The van der Waals surface area contributed by atoms with Crippen LogP contribution in [0.4, 0.5) is 20.2 Å². The van der Waals surface area contributed by atoms with E-state index in [0.717, 1.165) is 23.8 Å². The fraction of sp³-hybridized carbons (Fsp3) is 0.0769. The molecule has 0 amide bonds. The Balaban J connectivity index is 2.46. The molecule has 0 atom stereocenters. The second-order valence-electron chi connectivity index (χ2n) is 4.24. The molecular weight excluding hydrogens is 286 g/mol. The molecule has 2 rings (SSSR count). The Bertz CT molecular complexity index is 741. The van der Waals surface area contributed by atoms with Gasteiger partial charge in [0.1, 0.15) is 22.2 Å². The Kier molecular flexibility index (Phi) is 3.63. The number of anilines is 2. The fourth-order valence-corrected chi connectivity index (χ4v) is 2.89. The van der Waals surface area contributed by atoms with Crippen LogP contribution in [0, 0.1) is 18.6 Å². The number of para-hydroxylation sites is 1. The van der Waals surface area contributed by atoms with E-state index >= 15 is 0 Å². The summed E-state index contributed by atoms with van der Waals surface area (Å²) >= 11 is 0. The van der Waals surface area contributed by atoms with Crippen molar-refractivity contribution in [2.24, 2.45) is 0 Å². The monoisotopic (exact) mass is 298 g/mol. The van der Waals surface area contributed by atoms with Crippen LogP contribution < -0.4 is 10.5 Å². The Morgan fingerprint density at radius 1 is 1.10 bits per heavy atom. The molecule has 0 heterocycles. The van der Waals surface area contributed by atoms with Gasteiger partial charge in [-0.3, -0.25) is 4.72 Å². The number of sulfonamides is 1. The van der Waals surface area contributed by atoms with Crippen LogP contribution in [0.3, 0.4) is 0 Å². The maximum absolute atomic E-state index is 13.5. The van der Waals surface area contributed by atoms with Crippen molar-refractivity contribution in [3.05, 3.63) is 53.6 Å². The van der Waals surface area contributed by atoms with Crippen molar-refractivity contribution < 1.29 is 17.2 Å². The molecule has 0 aliphatic heterocycles. The molecule has 0 fully saturated rings. The van der Waals surface area contributed by atoms with Gasteiger partial charge < -0.3 is 5.73 Å². The molecule has 2 aromatic rings. The topological polar surface area (TPSA) is 72.2 Å². The largest absolute Gasteiger partial charge is 0.398 e. The molecule has 0 unspecified atom stereocenters. The van der Waals surface area contributed by atoms with Crippen LogP contribution in [0.25, 0.3) is 0 Å². The molecular formula is C13H12F2N2O2S. The summed E-state index contributed by atoms with van der Waals surface area (Å²) in [5.74, 6) is -2.00. The summed E-state index contributed by atoms with van der Waals surface area (Å²) < 4.78 is 53.0. The van der Waals surface area contributed by atoms with Gasteiger partial charge in [-0.1, -0.05) is 12.1 Å². The number of hydrogen-bond donors (Lipinski definition) is 2. The van der Waals surface area contributed by atoms with Crippen LogP contribution in [0.2, 0.25) is 0 Å². The van der Waals surface area contributed by atoms with E-state index in [1.165, 1.54) is 12.1 Å². The lowest BCUT2D eigenvalue weighted by atomic mass is 10.2. The molecule has 2 aromatic carbocycles. The van der Waals surface area contributed by atoms with E-state index in [9.17, 15) is 17.2 Å². The Hall–Kier alpha value is -2.15. The zero-order chi connectivity index (χ0) is 14.9. The number of nitrogens with one attached hydrogen (secondary N) is 1. The Morgan fingerprint density at radius 3 is 2.25 bits per heavy atom. The zero-order valence-corrected chi connectivity index (χ0v) is 11.3. The molecule has 0 aromatic heterocycles. The maximum atomic E-state index is 13.5. The summed E-state index contributed by atoms with van der Waals surface area (Å²) in [6.07, 6.45) is 0. The third-order valence-corrected chi connectivity index (χ3v) is 4.08. The van der Waals surface area contributed by atoms with E-state index < -0.39 is 27.3 Å². The molecule has 0 spiro atoms. The van der Waals surface area contributed by atoms with Crippen LogP contribution in [-0.4, -0.2) is 8.42 Å². The highest BCUT2D eigenvalue weighted by atomic mass is 32.2. The van der Waals surface area contributed by atoms with E-state index in [0.29, 0.717) is 0 Å². The molecule has 0 bridgehead atoms. The van der Waals surface area contributed by atoms with Crippen LogP contribution >= 0.6 is 0 Å². The van der Waals surface area contributed by atoms with E-state index in [-0.39, 0.29) is 10.6 Å². The van der Waals surface area contributed by atoms with Gasteiger partial charge in [-0.25, -0.2) is 17.2 Å². The molecule has 0 saturated carbocycles. The lowest BCUT2D eigenvalue weighted by Crippen LogP contribution is -2.16. The molecule has 20 heavy (non-hydrogen) atoms. The predicted octanol–water partition coefficient (Wildman–Crippen LogP) is 2.66. The zero-order valence-electron chi connectivity index (χ0n) is 10.5. The molecule has 0 radical (unpaired) electrons. The summed E-state index contributed by atoms with van der Waals surface area (Å²) in [5, 5.41) is 0. The van der Waals surface area contributed by atoms with Gasteiger partial charge in [-0.2, -0.15) is 0 Å². The van der Waals surface area contributed by atoms with Gasteiger partial charge >= 0.3 is 0 Å². The average molecular weight is 298 g/mol. The lowest BCUT2D eigenvalue weighted by Gasteiger charge is -2.11.